The van der Waals surface area contributed by atoms with Gasteiger partial charge in [-0.05, 0) is 42.0 Å². The Hall–Kier alpha value is -3.65. The Labute approximate surface area is 173 Å². The minimum absolute atomic E-state index is 0.0543. The van der Waals surface area contributed by atoms with Gasteiger partial charge >= 0.3 is 5.97 Å². The molecule has 0 spiro atoms. The van der Waals surface area contributed by atoms with Crippen LogP contribution in [0.1, 0.15) is 26.3 Å². The van der Waals surface area contributed by atoms with Crippen molar-refractivity contribution in [2.24, 2.45) is 0 Å². The standard InChI is InChI=1S/C22H19NO6S/c1-29-22(26)18-8-5-9-19(20(18)24)23-21(25)16-12-10-15(11-13-16)14-30(27,28)17-6-3-2-4-7-17/h2-13,24H,14H2,1H3,(H,23,25). The van der Waals surface area contributed by atoms with Crippen LogP contribution in [0.5, 0.6) is 5.75 Å². The molecule has 3 aromatic carbocycles. The lowest BCUT2D eigenvalue weighted by atomic mass is 10.1. The fourth-order valence-electron chi connectivity index (χ4n) is 2.80. The Morgan fingerprint density at radius 2 is 1.60 bits per heavy atom. The third-order valence-electron chi connectivity index (χ3n) is 4.36. The Morgan fingerprint density at radius 3 is 2.23 bits per heavy atom. The number of carbonyl (C=O) groups excluding carboxylic acids is 2. The number of rotatable bonds is 6. The smallest absolute Gasteiger partial charge is 0.341 e. The molecule has 0 heterocycles. The summed E-state index contributed by atoms with van der Waals surface area (Å²) in [5, 5.41) is 12.7. The topological polar surface area (TPSA) is 110 Å². The minimum atomic E-state index is -3.49. The maximum Gasteiger partial charge on any atom is 0.341 e. The second kappa shape index (κ2) is 8.79. The molecule has 7 nitrogen and oxygen atoms in total. The fraction of sp³-hybridized carbons (Fsp3) is 0.0909. The van der Waals surface area contributed by atoms with Crippen LogP contribution in [-0.2, 0) is 20.3 Å². The molecule has 2 N–H and O–H groups in total. The Morgan fingerprint density at radius 1 is 0.933 bits per heavy atom. The van der Waals surface area contributed by atoms with E-state index in [9.17, 15) is 23.1 Å². The Balaban J connectivity index is 1.74. The maximum absolute atomic E-state index is 12.5. The quantitative estimate of drug-likeness (QED) is 0.463. The second-order valence-corrected chi connectivity index (χ2v) is 8.41. The molecule has 0 aliphatic heterocycles. The fourth-order valence-corrected chi connectivity index (χ4v) is 4.17. The molecule has 0 saturated heterocycles. The van der Waals surface area contributed by atoms with Crippen LogP contribution in [0.3, 0.4) is 0 Å². The van der Waals surface area contributed by atoms with Crippen molar-refractivity contribution in [3.05, 3.63) is 89.5 Å². The third-order valence-corrected chi connectivity index (χ3v) is 6.07. The van der Waals surface area contributed by atoms with E-state index in [0.29, 0.717) is 5.56 Å². The van der Waals surface area contributed by atoms with E-state index >= 15 is 0 Å². The second-order valence-electron chi connectivity index (χ2n) is 6.42. The molecule has 0 bridgehead atoms. The molecule has 30 heavy (non-hydrogen) atoms. The van der Waals surface area contributed by atoms with Crippen LogP contribution in [-0.4, -0.2) is 32.5 Å². The Bertz CT molecular complexity index is 1170. The van der Waals surface area contributed by atoms with Gasteiger partial charge < -0.3 is 15.2 Å². The van der Waals surface area contributed by atoms with E-state index in [1.54, 1.807) is 30.3 Å². The van der Waals surface area contributed by atoms with Gasteiger partial charge in [-0.1, -0.05) is 36.4 Å². The van der Waals surface area contributed by atoms with E-state index in [4.69, 9.17) is 0 Å². The lowest BCUT2D eigenvalue weighted by molar-refractivity contribution is 0.0597. The lowest BCUT2D eigenvalue weighted by Gasteiger charge is -2.10. The highest BCUT2D eigenvalue weighted by atomic mass is 32.2. The zero-order valence-electron chi connectivity index (χ0n) is 16.0. The van der Waals surface area contributed by atoms with E-state index < -0.39 is 27.5 Å². The molecule has 0 aromatic heterocycles. The number of hydrogen-bond acceptors (Lipinski definition) is 6. The molecule has 0 atom stereocenters. The molecule has 0 saturated carbocycles. The zero-order valence-corrected chi connectivity index (χ0v) is 16.8. The average molecular weight is 425 g/mol. The number of carbonyl (C=O) groups is 2. The van der Waals surface area contributed by atoms with Crippen LogP contribution in [0.2, 0.25) is 0 Å². The molecule has 0 unspecified atom stereocenters. The summed E-state index contributed by atoms with van der Waals surface area (Å²) in [5.74, 6) is -1.85. The number of aromatic hydroxyl groups is 1. The van der Waals surface area contributed by atoms with Crippen LogP contribution >= 0.6 is 0 Å². The maximum atomic E-state index is 12.5. The van der Waals surface area contributed by atoms with Crippen molar-refractivity contribution in [1.82, 2.24) is 0 Å². The summed E-state index contributed by atoms with van der Waals surface area (Å²) < 4.78 is 29.5. The van der Waals surface area contributed by atoms with Crippen LogP contribution in [0, 0.1) is 0 Å². The number of esters is 1. The van der Waals surface area contributed by atoms with Crippen LogP contribution in [0.15, 0.2) is 77.7 Å². The summed E-state index contributed by atoms with van der Waals surface area (Å²) in [4.78, 5) is 24.4. The number of phenols is 1. The van der Waals surface area contributed by atoms with Crippen molar-refractivity contribution in [3.8, 4) is 5.75 Å². The number of ether oxygens (including phenoxy) is 1. The number of amides is 1. The Kier molecular flexibility index (Phi) is 6.17. The van der Waals surface area contributed by atoms with Gasteiger partial charge in [-0.2, -0.15) is 0 Å². The van der Waals surface area contributed by atoms with E-state index in [-0.39, 0.29) is 27.5 Å². The van der Waals surface area contributed by atoms with Gasteiger partial charge in [0.25, 0.3) is 5.91 Å². The predicted octanol–water partition coefficient (Wildman–Crippen LogP) is 3.41. The van der Waals surface area contributed by atoms with E-state index in [1.807, 2.05) is 0 Å². The summed E-state index contributed by atoms with van der Waals surface area (Å²) in [6.45, 7) is 0. The summed E-state index contributed by atoms with van der Waals surface area (Å²) in [7, 11) is -2.31. The molecular weight excluding hydrogens is 406 g/mol. The van der Waals surface area contributed by atoms with Crippen LogP contribution < -0.4 is 5.32 Å². The average Bonchev–Trinajstić information content (AvgIpc) is 2.75. The lowest BCUT2D eigenvalue weighted by Crippen LogP contribution is -2.13. The number of phenolic OH excluding ortho intramolecular Hbond substituents is 1. The summed E-state index contributed by atoms with van der Waals surface area (Å²) in [6, 6.07) is 18.5. The molecule has 0 aliphatic carbocycles. The van der Waals surface area contributed by atoms with Crippen molar-refractivity contribution < 1.29 is 27.9 Å². The molecule has 3 rings (SSSR count). The third kappa shape index (κ3) is 4.66. The molecule has 154 valence electrons. The molecular formula is C22H19NO6S. The number of benzene rings is 3. The van der Waals surface area contributed by atoms with E-state index in [2.05, 4.69) is 10.1 Å². The molecule has 3 aromatic rings. The van der Waals surface area contributed by atoms with E-state index in [1.165, 1.54) is 49.6 Å². The first-order chi connectivity index (χ1) is 14.3. The monoisotopic (exact) mass is 425 g/mol. The normalized spacial score (nSPS) is 11.0. The first kappa shape index (κ1) is 21.1. The first-order valence-corrected chi connectivity index (χ1v) is 10.6. The predicted molar refractivity (Wildman–Crippen MR) is 111 cm³/mol. The van der Waals surface area contributed by atoms with Crippen molar-refractivity contribution >= 4 is 27.4 Å². The van der Waals surface area contributed by atoms with Crippen molar-refractivity contribution in [2.45, 2.75) is 10.6 Å². The summed E-state index contributed by atoms with van der Waals surface area (Å²) in [6.07, 6.45) is 0. The highest BCUT2D eigenvalue weighted by Gasteiger charge is 2.18. The van der Waals surface area contributed by atoms with Crippen LogP contribution in [0.4, 0.5) is 5.69 Å². The van der Waals surface area contributed by atoms with Gasteiger partial charge in [-0.15, -0.1) is 0 Å². The van der Waals surface area contributed by atoms with Crippen molar-refractivity contribution in [2.75, 3.05) is 12.4 Å². The molecule has 8 heteroatoms. The largest absolute Gasteiger partial charge is 0.505 e. The molecule has 0 aliphatic rings. The summed E-state index contributed by atoms with van der Waals surface area (Å²) in [5.41, 5.74) is 0.778. The highest BCUT2D eigenvalue weighted by Crippen LogP contribution is 2.28. The van der Waals surface area contributed by atoms with Crippen molar-refractivity contribution in [1.29, 1.82) is 0 Å². The number of sulfone groups is 1. The number of methoxy groups -OCH3 is 1. The van der Waals surface area contributed by atoms with Crippen LogP contribution in [0.25, 0.3) is 0 Å². The molecule has 0 radical (unpaired) electrons. The van der Waals surface area contributed by atoms with Crippen molar-refractivity contribution in [3.63, 3.8) is 0 Å². The number of hydrogen-bond donors (Lipinski definition) is 2. The minimum Gasteiger partial charge on any atom is -0.505 e. The van der Waals surface area contributed by atoms with Gasteiger partial charge in [-0.3, -0.25) is 4.79 Å². The van der Waals surface area contributed by atoms with E-state index in [0.717, 1.165) is 0 Å². The number of para-hydroxylation sites is 1. The first-order valence-electron chi connectivity index (χ1n) is 8.90. The van der Waals surface area contributed by atoms with Gasteiger partial charge in [0.2, 0.25) is 0 Å². The van der Waals surface area contributed by atoms with Gasteiger partial charge in [0.1, 0.15) is 5.56 Å². The highest BCUT2D eigenvalue weighted by molar-refractivity contribution is 7.90. The van der Waals surface area contributed by atoms with Gasteiger partial charge in [-0.25, -0.2) is 13.2 Å². The number of nitrogens with one attached hydrogen (secondary N) is 1. The molecule has 0 fully saturated rings. The number of anilines is 1. The molecule has 1 amide bonds. The van der Waals surface area contributed by atoms with Gasteiger partial charge in [0, 0.05) is 5.56 Å². The van der Waals surface area contributed by atoms with Gasteiger partial charge in [0.05, 0.1) is 23.4 Å². The SMILES string of the molecule is COC(=O)c1cccc(NC(=O)c2ccc(CS(=O)(=O)c3ccccc3)cc2)c1O. The zero-order chi connectivity index (χ0) is 21.7. The van der Waals surface area contributed by atoms with Gasteiger partial charge in [0.15, 0.2) is 15.6 Å². The summed E-state index contributed by atoms with van der Waals surface area (Å²) >= 11 is 0.